The Morgan fingerprint density at radius 1 is 1.12 bits per heavy atom. The Kier molecular flexibility index (Phi) is 6.30. The van der Waals surface area contributed by atoms with Crippen molar-refractivity contribution in [2.75, 3.05) is 18.4 Å². The predicted octanol–water partition coefficient (Wildman–Crippen LogP) is 4.26. The zero-order valence-corrected chi connectivity index (χ0v) is 18.2. The fourth-order valence-corrected chi connectivity index (χ4v) is 5.23. The molecule has 0 amide bonds. The standard InChI is InChI=1S/C22H22F4N4O2S/c23-16-6-7-19-18(11-16)20(12-21(29-19)22(24,25)26)28-13-17-10-15(14-4-2-1-3-5-14)8-9-30(17)33(27,31)32/h1-7,11-12,15,17H,8-10,13H2,(H,28,29)(H2,27,31,32). The summed E-state index contributed by atoms with van der Waals surface area (Å²) in [5.41, 5.74) is -0.0866. The summed E-state index contributed by atoms with van der Waals surface area (Å²) in [6.07, 6.45) is -3.70. The number of alkyl halides is 3. The van der Waals surface area contributed by atoms with Crippen LogP contribution in [0.2, 0.25) is 0 Å². The van der Waals surface area contributed by atoms with Gasteiger partial charge in [0.25, 0.3) is 10.2 Å². The number of nitrogens with zero attached hydrogens (tertiary/aromatic N) is 2. The molecule has 1 aliphatic rings. The van der Waals surface area contributed by atoms with Gasteiger partial charge in [-0.2, -0.15) is 25.9 Å². The van der Waals surface area contributed by atoms with Crippen LogP contribution in [0.3, 0.4) is 0 Å². The number of halogens is 4. The van der Waals surface area contributed by atoms with Crippen LogP contribution in [0.5, 0.6) is 0 Å². The molecule has 6 nitrogen and oxygen atoms in total. The number of piperidine rings is 1. The molecule has 0 saturated carbocycles. The van der Waals surface area contributed by atoms with Gasteiger partial charge in [0.15, 0.2) is 0 Å². The van der Waals surface area contributed by atoms with E-state index in [1.807, 2.05) is 30.3 Å². The van der Waals surface area contributed by atoms with E-state index in [9.17, 15) is 26.0 Å². The maximum absolute atomic E-state index is 13.8. The number of anilines is 1. The monoisotopic (exact) mass is 482 g/mol. The van der Waals surface area contributed by atoms with E-state index in [4.69, 9.17) is 5.14 Å². The van der Waals surface area contributed by atoms with E-state index in [1.165, 1.54) is 6.07 Å². The Morgan fingerprint density at radius 3 is 2.52 bits per heavy atom. The molecule has 1 aliphatic heterocycles. The Labute approximate surface area is 188 Å². The van der Waals surface area contributed by atoms with Gasteiger partial charge in [0, 0.05) is 30.2 Å². The molecule has 11 heteroatoms. The Bertz CT molecular complexity index is 1250. The van der Waals surface area contributed by atoms with Crippen molar-refractivity contribution in [2.45, 2.75) is 31.0 Å². The van der Waals surface area contributed by atoms with Gasteiger partial charge in [0.05, 0.1) is 5.52 Å². The van der Waals surface area contributed by atoms with E-state index in [2.05, 4.69) is 10.3 Å². The molecule has 3 N–H and O–H groups in total. The summed E-state index contributed by atoms with van der Waals surface area (Å²) in [5.74, 6) is -0.562. The molecule has 1 fully saturated rings. The van der Waals surface area contributed by atoms with Gasteiger partial charge in [-0.1, -0.05) is 30.3 Å². The largest absolute Gasteiger partial charge is 0.433 e. The number of nitrogens with two attached hydrogens (primary N) is 1. The first-order valence-corrected chi connectivity index (χ1v) is 11.8. The van der Waals surface area contributed by atoms with Gasteiger partial charge in [-0.3, -0.25) is 0 Å². The smallest absolute Gasteiger partial charge is 0.383 e. The summed E-state index contributed by atoms with van der Waals surface area (Å²) in [6, 6.07) is 13.1. The molecule has 2 aromatic carbocycles. The van der Waals surface area contributed by atoms with Crippen molar-refractivity contribution < 1.29 is 26.0 Å². The van der Waals surface area contributed by atoms with Crippen LogP contribution in [0.1, 0.15) is 30.0 Å². The fraction of sp³-hybridized carbons (Fsp3) is 0.318. The number of benzene rings is 2. The van der Waals surface area contributed by atoms with E-state index < -0.39 is 33.9 Å². The second-order valence-corrected chi connectivity index (χ2v) is 9.54. The summed E-state index contributed by atoms with van der Waals surface area (Å²) < 4.78 is 79.4. The number of hydrogen-bond acceptors (Lipinski definition) is 4. The molecule has 33 heavy (non-hydrogen) atoms. The van der Waals surface area contributed by atoms with E-state index >= 15 is 0 Å². The lowest BCUT2D eigenvalue weighted by Gasteiger charge is -2.38. The number of nitrogens with one attached hydrogen (secondary N) is 1. The van der Waals surface area contributed by atoms with E-state index in [0.29, 0.717) is 12.8 Å². The second kappa shape index (κ2) is 8.88. The molecular formula is C22H22F4N4O2S. The van der Waals surface area contributed by atoms with Crippen LogP contribution in [0.15, 0.2) is 54.6 Å². The molecule has 0 radical (unpaired) electrons. The Morgan fingerprint density at radius 2 is 1.85 bits per heavy atom. The molecule has 2 heterocycles. The first kappa shape index (κ1) is 23.4. The van der Waals surface area contributed by atoms with Crippen LogP contribution in [-0.2, 0) is 16.4 Å². The van der Waals surface area contributed by atoms with Crippen LogP contribution in [0.25, 0.3) is 10.9 Å². The van der Waals surface area contributed by atoms with Crippen LogP contribution >= 0.6 is 0 Å². The van der Waals surface area contributed by atoms with E-state index in [1.54, 1.807) is 0 Å². The number of rotatable bonds is 5. The molecule has 2 unspecified atom stereocenters. The van der Waals surface area contributed by atoms with Gasteiger partial charge in [-0.05, 0) is 48.6 Å². The lowest BCUT2D eigenvalue weighted by atomic mass is 9.86. The molecular weight excluding hydrogens is 460 g/mol. The van der Waals surface area contributed by atoms with Gasteiger partial charge in [0.1, 0.15) is 11.5 Å². The third kappa shape index (κ3) is 5.26. The van der Waals surface area contributed by atoms with Crippen LogP contribution < -0.4 is 10.5 Å². The van der Waals surface area contributed by atoms with Crippen molar-refractivity contribution in [3.8, 4) is 0 Å². The topological polar surface area (TPSA) is 88.3 Å². The zero-order chi connectivity index (χ0) is 23.8. The minimum absolute atomic E-state index is 0.00725. The number of aromatic nitrogens is 1. The normalized spacial score (nSPS) is 20.2. The Balaban J connectivity index is 1.65. The molecule has 1 saturated heterocycles. The third-order valence-corrected chi connectivity index (χ3v) is 6.98. The quantitative estimate of drug-likeness (QED) is 0.532. The minimum Gasteiger partial charge on any atom is -0.383 e. The summed E-state index contributed by atoms with van der Waals surface area (Å²) >= 11 is 0. The predicted molar refractivity (Wildman–Crippen MR) is 117 cm³/mol. The number of hydrogen-bond donors (Lipinski definition) is 2. The van der Waals surface area contributed by atoms with Gasteiger partial charge >= 0.3 is 6.18 Å². The number of fused-ring (bicyclic) bond motifs is 1. The molecule has 2 atom stereocenters. The summed E-state index contributed by atoms with van der Waals surface area (Å²) in [5, 5.41) is 8.48. The third-order valence-electron chi connectivity index (χ3n) is 5.85. The number of pyridine rings is 1. The highest BCUT2D eigenvalue weighted by Gasteiger charge is 2.36. The SMILES string of the molecule is NS(=O)(=O)N1CCC(c2ccccc2)CC1CNc1cc(C(F)(F)F)nc2ccc(F)cc12. The highest BCUT2D eigenvalue weighted by atomic mass is 32.2. The van der Waals surface area contributed by atoms with Gasteiger partial charge in [-0.25, -0.2) is 14.5 Å². The van der Waals surface area contributed by atoms with E-state index in [-0.39, 0.29) is 35.6 Å². The maximum Gasteiger partial charge on any atom is 0.433 e. The van der Waals surface area contributed by atoms with Crippen molar-refractivity contribution in [3.05, 3.63) is 71.7 Å². The summed E-state index contributed by atoms with van der Waals surface area (Å²) in [4.78, 5) is 3.59. The Hall–Kier alpha value is -2.76. The van der Waals surface area contributed by atoms with Gasteiger partial charge < -0.3 is 5.32 Å². The van der Waals surface area contributed by atoms with Crippen molar-refractivity contribution in [1.29, 1.82) is 0 Å². The maximum atomic E-state index is 13.8. The lowest BCUT2D eigenvalue weighted by molar-refractivity contribution is -0.140. The average molecular weight is 483 g/mol. The van der Waals surface area contributed by atoms with Gasteiger partial charge in [0.2, 0.25) is 0 Å². The van der Waals surface area contributed by atoms with E-state index in [0.717, 1.165) is 28.1 Å². The molecule has 4 rings (SSSR count). The van der Waals surface area contributed by atoms with Crippen molar-refractivity contribution in [2.24, 2.45) is 5.14 Å². The second-order valence-electron chi connectivity index (χ2n) is 8.04. The minimum atomic E-state index is -4.70. The van der Waals surface area contributed by atoms with Crippen LogP contribution in [0.4, 0.5) is 23.2 Å². The molecule has 176 valence electrons. The molecule has 0 aliphatic carbocycles. The summed E-state index contributed by atoms with van der Waals surface area (Å²) in [6.45, 7) is 0.178. The zero-order valence-electron chi connectivity index (χ0n) is 17.4. The van der Waals surface area contributed by atoms with Gasteiger partial charge in [-0.15, -0.1) is 0 Å². The molecule has 0 bridgehead atoms. The molecule has 1 aromatic heterocycles. The highest BCUT2D eigenvalue weighted by molar-refractivity contribution is 7.86. The first-order chi connectivity index (χ1) is 15.5. The average Bonchev–Trinajstić information content (AvgIpc) is 2.76. The molecule has 0 spiro atoms. The van der Waals surface area contributed by atoms with Crippen LogP contribution in [-0.4, -0.2) is 36.8 Å². The van der Waals surface area contributed by atoms with Crippen molar-refractivity contribution in [1.82, 2.24) is 9.29 Å². The van der Waals surface area contributed by atoms with Crippen molar-refractivity contribution >= 4 is 26.8 Å². The molecule has 3 aromatic rings. The lowest BCUT2D eigenvalue weighted by Crippen LogP contribution is -2.51. The van der Waals surface area contributed by atoms with Crippen molar-refractivity contribution in [3.63, 3.8) is 0 Å². The summed E-state index contributed by atoms with van der Waals surface area (Å²) in [7, 11) is -4.02. The first-order valence-electron chi connectivity index (χ1n) is 10.3. The fourth-order valence-electron chi connectivity index (χ4n) is 4.29. The highest BCUT2D eigenvalue weighted by Crippen LogP contribution is 2.35. The van der Waals surface area contributed by atoms with Crippen LogP contribution in [0, 0.1) is 5.82 Å².